The van der Waals surface area contributed by atoms with E-state index in [0.717, 1.165) is 23.7 Å². The van der Waals surface area contributed by atoms with Crippen molar-refractivity contribution >= 4 is 17.1 Å². The molecular formula is C14H14O3. The van der Waals surface area contributed by atoms with E-state index in [2.05, 4.69) is 0 Å². The molecule has 0 fully saturated rings. The molecule has 0 aliphatic rings. The van der Waals surface area contributed by atoms with E-state index in [-0.39, 0.29) is 5.75 Å². The summed E-state index contributed by atoms with van der Waals surface area (Å²) in [5.74, 6) is 0.402. The molecule has 0 bridgehead atoms. The quantitative estimate of drug-likeness (QED) is 0.824. The van der Waals surface area contributed by atoms with Crippen molar-refractivity contribution in [3.8, 4) is 11.5 Å². The Balaban J connectivity index is 2.84. The van der Waals surface area contributed by atoms with E-state index >= 15 is 0 Å². The lowest BCUT2D eigenvalue weighted by Crippen LogP contribution is -1.91. The van der Waals surface area contributed by atoms with E-state index in [9.17, 15) is 9.90 Å². The number of hydrogen-bond donors (Lipinski definition) is 1. The van der Waals surface area contributed by atoms with Gasteiger partial charge in [-0.1, -0.05) is 25.1 Å². The van der Waals surface area contributed by atoms with Crippen molar-refractivity contribution in [3.63, 3.8) is 0 Å². The summed E-state index contributed by atoms with van der Waals surface area (Å²) >= 11 is 0. The Kier molecular flexibility index (Phi) is 3.00. The van der Waals surface area contributed by atoms with E-state index in [1.807, 2.05) is 25.1 Å². The van der Waals surface area contributed by atoms with Crippen LogP contribution in [0.5, 0.6) is 11.5 Å². The molecule has 2 rings (SSSR count). The molecule has 3 heteroatoms. The summed E-state index contributed by atoms with van der Waals surface area (Å²) in [5, 5.41) is 11.4. The average Bonchev–Trinajstić information content (AvgIpc) is 2.39. The normalized spacial score (nSPS) is 10.5. The minimum absolute atomic E-state index is 0.0794. The lowest BCUT2D eigenvalue weighted by molar-refractivity contribution is 0.112. The first kappa shape index (κ1) is 11.5. The third-order valence-corrected chi connectivity index (χ3v) is 2.93. The van der Waals surface area contributed by atoms with Crippen molar-refractivity contribution in [2.24, 2.45) is 0 Å². The minimum atomic E-state index is 0.0794. The number of benzene rings is 2. The van der Waals surface area contributed by atoms with Gasteiger partial charge in [-0.15, -0.1) is 0 Å². The lowest BCUT2D eigenvalue weighted by Gasteiger charge is -2.10. The molecule has 0 aliphatic carbocycles. The summed E-state index contributed by atoms with van der Waals surface area (Å²) in [6, 6.07) is 7.25. The third-order valence-electron chi connectivity index (χ3n) is 2.93. The van der Waals surface area contributed by atoms with Crippen LogP contribution < -0.4 is 4.74 Å². The largest absolute Gasteiger partial charge is 0.504 e. The maximum atomic E-state index is 11.1. The van der Waals surface area contributed by atoms with Gasteiger partial charge in [0.15, 0.2) is 17.8 Å². The smallest absolute Gasteiger partial charge is 0.165 e. The van der Waals surface area contributed by atoms with Crippen molar-refractivity contribution in [2.75, 3.05) is 7.11 Å². The Morgan fingerprint density at radius 3 is 2.65 bits per heavy atom. The Morgan fingerprint density at radius 1 is 1.29 bits per heavy atom. The maximum Gasteiger partial charge on any atom is 0.165 e. The molecule has 0 heterocycles. The van der Waals surface area contributed by atoms with Gasteiger partial charge in [0.25, 0.3) is 0 Å². The van der Waals surface area contributed by atoms with Gasteiger partial charge in [0.2, 0.25) is 0 Å². The molecule has 0 amide bonds. The number of carbonyl (C=O) groups is 1. The molecule has 0 saturated carbocycles. The van der Waals surface area contributed by atoms with Gasteiger partial charge in [0.05, 0.1) is 7.11 Å². The second-order valence-corrected chi connectivity index (χ2v) is 3.87. The predicted molar refractivity (Wildman–Crippen MR) is 66.9 cm³/mol. The molecule has 88 valence electrons. The lowest BCUT2D eigenvalue weighted by atomic mass is 10.00. The molecule has 17 heavy (non-hydrogen) atoms. The van der Waals surface area contributed by atoms with Crippen LogP contribution in [0.3, 0.4) is 0 Å². The average molecular weight is 230 g/mol. The Labute approximate surface area is 99.6 Å². The zero-order valence-electron chi connectivity index (χ0n) is 9.86. The molecule has 0 spiro atoms. The van der Waals surface area contributed by atoms with Gasteiger partial charge in [-0.05, 0) is 23.4 Å². The number of aldehydes is 1. The number of phenolic OH excluding ortho intramolecular Hbond substituents is 1. The number of ether oxygens (including phenoxy) is 1. The highest BCUT2D eigenvalue weighted by atomic mass is 16.5. The van der Waals surface area contributed by atoms with E-state index in [0.29, 0.717) is 16.7 Å². The molecule has 1 N–H and O–H groups in total. The summed E-state index contributed by atoms with van der Waals surface area (Å²) in [7, 11) is 1.47. The van der Waals surface area contributed by atoms with Gasteiger partial charge >= 0.3 is 0 Å². The highest BCUT2D eigenvalue weighted by Gasteiger charge is 2.11. The number of aromatic hydroxyl groups is 1. The Morgan fingerprint density at radius 2 is 2.06 bits per heavy atom. The number of rotatable bonds is 3. The first-order chi connectivity index (χ1) is 8.21. The van der Waals surface area contributed by atoms with Gasteiger partial charge < -0.3 is 9.84 Å². The Hall–Kier alpha value is -2.03. The van der Waals surface area contributed by atoms with E-state index in [1.165, 1.54) is 7.11 Å². The van der Waals surface area contributed by atoms with E-state index in [4.69, 9.17) is 4.74 Å². The van der Waals surface area contributed by atoms with Gasteiger partial charge in [-0.2, -0.15) is 0 Å². The summed E-state index contributed by atoms with van der Waals surface area (Å²) in [6.45, 7) is 2.05. The SMILES string of the molecule is CCc1ccc2c(O)c(OC)cc(C=O)c2c1. The highest BCUT2D eigenvalue weighted by Crippen LogP contribution is 2.36. The molecule has 2 aromatic carbocycles. The van der Waals surface area contributed by atoms with Gasteiger partial charge in [0, 0.05) is 10.9 Å². The van der Waals surface area contributed by atoms with Gasteiger partial charge in [0.1, 0.15) is 0 Å². The van der Waals surface area contributed by atoms with Crippen LogP contribution in [0.2, 0.25) is 0 Å². The number of fused-ring (bicyclic) bond motifs is 1. The number of methoxy groups -OCH3 is 1. The molecule has 2 aromatic rings. The first-order valence-electron chi connectivity index (χ1n) is 5.49. The molecule has 0 saturated heterocycles. The van der Waals surface area contributed by atoms with Crippen molar-refractivity contribution in [2.45, 2.75) is 13.3 Å². The summed E-state index contributed by atoms with van der Waals surface area (Å²) < 4.78 is 5.04. The fourth-order valence-electron chi connectivity index (χ4n) is 1.93. The zero-order chi connectivity index (χ0) is 12.4. The Bertz CT molecular complexity index is 573. The molecule has 0 aromatic heterocycles. The second-order valence-electron chi connectivity index (χ2n) is 3.87. The van der Waals surface area contributed by atoms with Crippen molar-refractivity contribution < 1.29 is 14.6 Å². The van der Waals surface area contributed by atoms with E-state index in [1.54, 1.807) is 6.07 Å². The van der Waals surface area contributed by atoms with Crippen LogP contribution in [0.4, 0.5) is 0 Å². The van der Waals surface area contributed by atoms with Crippen LogP contribution in [-0.2, 0) is 6.42 Å². The maximum absolute atomic E-state index is 11.1. The molecule has 0 atom stereocenters. The van der Waals surface area contributed by atoms with Crippen LogP contribution in [0.25, 0.3) is 10.8 Å². The molecular weight excluding hydrogens is 216 g/mol. The van der Waals surface area contributed by atoms with Crippen LogP contribution in [0, 0.1) is 0 Å². The van der Waals surface area contributed by atoms with Crippen LogP contribution in [0.15, 0.2) is 24.3 Å². The fraction of sp³-hybridized carbons (Fsp3) is 0.214. The summed E-state index contributed by atoms with van der Waals surface area (Å²) in [5.41, 5.74) is 1.66. The molecule has 3 nitrogen and oxygen atoms in total. The zero-order valence-corrected chi connectivity index (χ0v) is 9.86. The number of hydrogen-bond acceptors (Lipinski definition) is 3. The second kappa shape index (κ2) is 4.45. The first-order valence-corrected chi connectivity index (χ1v) is 5.49. The standard InChI is InChI=1S/C14H14O3/c1-3-9-4-5-11-12(6-9)10(8-15)7-13(17-2)14(11)16/h4-8,16H,3H2,1-2H3. The van der Waals surface area contributed by atoms with Crippen LogP contribution >= 0.6 is 0 Å². The van der Waals surface area contributed by atoms with Crippen molar-refractivity contribution in [1.82, 2.24) is 0 Å². The fourth-order valence-corrected chi connectivity index (χ4v) is 1.93. The number of phenols is 1. The monoisotopic (exact) mass is 230 g/mol. The predicted octanol–water partition coefficient (Wildman–Crippen LogP) is 2.93. The molecule has 0 radical (unpaired) electrons. The number of aryl methyl sites for hydroxylation is 1. The number of carbonyl (C=O) groups excluding carboxylic acids is 1. The van der Waals surface area contributed by atoms with Gasteiger partial charge in [-0.25, -0.2) is 0 Å². The molecule has 0 aliphatic heterocycles. The minimum Gasteiger partial charge on any atom is -0.504 e. The third kappa shape index (κ3) is 1.84. The van der Waals surface area contributed by atoms with Gasteiger partial charge in [-0.3, -0.25) is 4.79 Å². The summed E-state index contributed by atoms with van der Waals surface area (Å²) in [4.78, 5) is 11.1. The van der Waals surface area contributed by atoms with Crippen molar-refractivity contribution in [1.29, 1.82) is 0 Å². The topological polar surface area (TPSA) is 46.5 Å². The molecule has 0 unspecified atom stereocenters. The van der Waals surface area contributed by atoms with Crippen molar-refractivity contribution in [3.05, 3.63) is 35.4 Å². The van der Waals surface area contributed by atoms with Crippen LogP contribution in [-0.4, -0.2) is 18.5 Å². The highest BCUT2D eigenvalue weighted by molar-refractivity contribution is 6.02. The summed E-state index contributed by atoms with van der Waals surface area (Å²) in [6.07, 6.45) is 1.67. The van der Waals surface area contributed by atoms with Crippen LogP contribution in [0.1, 0.15) is 22.8 Å². The van der Waals surface area contributed by atoms with E-state index < -0.39 is 0 Å².